The van der Waals surface area contributed by atoms with Crippen LogP contribution in [0.1, 0.15) is 19.8 Å². The lowest BCUT2D eigenvalue weighted by molar-refractivity contribution is 0.292. The molecule has 0 aromatic carbocycles. The third kappa shape index (κ3) is 11.4. The van der Waals surface area contributed by atoms with Gasteiger partial charge in [0.1, 0.15) is 0 Å². The molecule has 0 amide bonds. The molecule has 3 heteroatoms. The molecule has 0 fully saturated rings. The fraction of sp³-hybridized carbons (Fsp3) is 1.00. The average Bonchev–Trinajstić information content (AvgIpc) is 1.81. The highest BCUT2D eigenvalue weighted by Gasteiger charge is 1.81. The zero-order valence-electron chi connectivity index (χ0n) is 6.19. The second-order valence-corrected chi connectivity index (χ2v) is 1.83. The molecule has 58 valence electrons. The van der Waals surface area contributed by atoms with Crippen LogP contribution in [0.4, 0.5) is 0 Å². The van der Waals surface area contributed by atoms with E-state index < -0.39 is 0 Å². The SMILES string of the molecule is CCCCNCCO.N. The Balaban J connectivity index is 0. The second kappa shape index (κ2) is 10.8. The van der Waals surface area contributed by atoms with Crippen molar-refractivity contribution in [3.05, 3.63) is 0 Å². The summed E-state index contributed by atoms with van der Waals surface area (Å²) in [5.41, 5.74) is 0. The zero-order chi connectivity index (χ0) is 6.24. The van der Waals surface area contributed by atoms with Crippen LogP contribution in [0.15, 0.2) is 0 Å². The highest BCUT2D eigenvalue weighted by atomic mass is 16.3. The van der Waals surface area contributed by atoms with Gasteiger partial charge < -0.3 is 16.6 Å². The smallest absolute Gasteiger partial charge is 0.0555 e. The van der Waals surface area contributed by atoms with E-state index in [1.807, 2.05) is 0 Å². The van der Waals surface area contributed by atoms with Gasteiger partial charge in [-0.05, 0) is 13.0 Å². The van der Waals surface area contributed by atoms with Gasteiger partial charge in [0.2, 0.25) is 0 Å². The molecule has 0 aliphatic carbocycles. The number of aliphatic hydroxyl groups is 1. The van der Waals surface area contributed by atoms with Crippen LogP contribution in [-0.4, -0.2) is 24.8 Å². The lowest BCUT2D eigenvalue weighted by Gasteiger charge is -1.97. The molecule has 0 aromatic rings. The first-order chi connectivity index (χ1) is 3.91. The van der Waals surface area contributed by atoms with Crippen LogP contribution in [-0.2, 0) is 0 Å². The molecule has 3 nitrogen and oxygen atoms in total. The van der Waals surface area contributed by atoms with E-state index in [1.54, 1.807) is 0 Å². The van der Waals surface area contributed by atoms with Crippen LogP contribution in [0.5, 0.6) is 0 Å². The molecule has 0 atom stereocenters. The number of hydrogen-bond acceptors (Lipinski definition) is 3. The van der Waals surface area contributed by atoms with Crippen LogP contribution in [0, 0.1) is 0 Å². The van der Waals surface area contributed by atoms with Gasteiger partial charge in [-0.2, -0.15) is 0 Å². The first kappa shape index (κ1) is 11.6. The highest BCUT2D eigenvalue weighted by molar-refractivity contribution is 4.43. The Hall–Kier alpha value is -0.120. The van der Waals surface area contributed by atoms with Crippen LogP contribution < -0.4 is 11.5 Å². The predicted molar refractivity (Wildman–Crippen MR) is 39.9 cm³/mol. The largest absolute Gasteiger partial charge is 0.395 e. The molecule has 5 N–H and O–H groups in total. The van der Waals surface area contributed by atoms with E-state index in [0.29, 0.717) is 0 Å². The lowest BCUT2D eigenvalue weighted by Crippen LogP contribution is -2.18. The maximum Gasteiger partial charge on any atom is 0.0555 e. The standard InChI is InChI=1S/C6H15NO.H3N/c1-2-3-4-7-5-6-8;/h7-8H,2-6H2,1H3;1H3. The monoisotopic (exact) mass is 134 g/mol. The third-order valence-electron chi connectivity index (χ3n) is 0.996. The summed E-state index contributed by atoms with van der Waals surface area (Å²) >= 11 is 0. The summed E-state index contributed by atoms with van der Waals surface area (Å²) in [4.78, 5) is 0. The van der Waals surface area contributed by atoms with Crippen molar-refractivity contribution in [1.82, 2.24) is 11.5 Å². The molecule has 0 bridgehead atoms. The zero-order valence-corrected chi connectivity index (χ0v) is 6.19. The van der Waals surface area contributed by atoms with Crippen molar-refractivity contribution in [2.45, 2.75) is 19.8 Å². The Bertz CT molecular complexity index is 36.0. The summed E-state index contributed by atoms with van der Waals surface area (Å²) in [6.07, 6.45) is 2.43. The minimum atomic E-state index is 0. The predicted octanol–water partition coefficient (Wildman–Crippen LogP) is 0.530. The van der Waals surface area contributed by atoms with Crippen molar-refractivity contribution in [3.63, 3.8) is 0 Å². The molecular formula is C6H18N2O. The maximum absolute atomic E-state index is 8.30. The van der Waals surface area contributed by atoms with E-state index in [4.69, 9.17) is 5.11 Å². The molecular weight excluding hydrogens is 116 g/mol. The van der Waals surface area contributed by atoms with Crippen LogP contribution in [0.3, 0.4) is 0 Å². The molecule has 0 saturated heterocycles. The first-order valence-corrected chi connectivity index (χ1v) is 3.23. The summed E-state index contributed by atoms with van der Waals surface area (Å²) in [6.45, 7) is 4.18. The summed E-state index contributed by atoms with van der Waals surface area (Å²) in [6, 6.07) is 0. The van der Waals surface area contributed by atoms with E-state index in [2.05, 4.69) is 12.2 Å². The fourth-order valence-electron chi connectivity index (χ4n) is 0.506. The van der Waals surface area contributed by atoms with Gasteiger partial charge in [0.25, 0.3) is 0 Å². The molecule has 0 heterocycles. The van der Waals surface area contributed by atoms with Gasteiger partial charge in [0, 0.05) is 6.54 Å². The molecule has 0 aliphatic rings. The van der Waals surface area contributed by atoms with Crippen LogP contribution in [0.2, 0.25) is 0 Å². The van der Waals surface area contributed by atoms with Crippen molar-refractivity contribution < 1.29 is 5.11 Å². The molecule has 0 radical (unpaired) electrons. The Kier molecular flexibility index (Phi) is 14.0. The van der Waals surface area contributed by atoms with Crippen molar-refractivity contribution in [3.8, 4) is 0 Å². The highest BCUT2D eigenvalue weighted by Crippen LogP contribution is 1.80. The second-order valence-electron chi connectivity index (χ2n) is 1.83. The van der Waals surface area contributed by atoms with Crippen molar-refractivity contribution in [2.24, 2.45) is 0 Å². The lowest BCUT2D eigenvalue weighted by atomic mass is 10.3. The van der Waals surface area contributed by atoms with Gasteiger partial charge in [0.05, 0.1) is 6.61 Å². The fourth-order valence-corrected chi connectivity index (χ4v) is 0.506. The molecule has 0 saturated carbocycles. The van der Waals surface area contributed by atoms with E-state index in [0.717, 1.165) is 13.1 Å². The first-order valence-electron chi connectivity index (χ1n) is 3.23. The number of hydrogen-bond donors (Lipinski definition) is 3. The van der Waals surface area contributed by atoms with Gasteiger partial charge in [-0.15, -0.1) is 0 Å². The van der Waals surface area contributed by atoms with Crippen LogP contribution in [0.25, 0.3) is 0 Å². The van der Waals surface area contributed by atoms with E-state index in [-0.39, 0.29) is 12.8 Å². The normalized spacial score (nSPS) is 8.67. The van der Waals surface area contributed by atoms with Crippen LogP contribution >= 0.6 is 0 Å². The molecule has 0 rings (SSSR count). The number of unbranched alkanes of at least 4 members (excludes halogenated alkanes) is 1. The molecule has 0 aliphatic heterocycles. The minimum Gasteiger partial charge on any atom is -0.395 e. The molecule has 0 aromatic heterocycles. The van der Waals surface area contributed by atoms with E-state index in [1.165, 1.54) is 12.8 Å². The number of nitrogens with one attached hydrogen (secondary N) is 1. The van der Waals surface area contributed by atoms with Gasteiger partial charge in [-0.1, -0.05) is 13.3 Å². The van der Waals surface area contributed by atoms with Crippen molar-refractivity contribution in [1.29, 1.82) is 0 Å². The Morgan fingerprint density at radius 3 is 2.44 bits per heavy atom. The maximum atomic E-state index is 8.30. The Labute approximate surface area is 57.0 Å². The van der Waals surface area contributed by atoms with Crippen molar-refractivity contribution >= 4 is 0 Å². The van der Waals surface area contributed by atoms with Crippen molar-refractivity contribution in [2.75, 3.05) is 19.7 Å². The molecule has 0 spiro atoms. The molecule has 0 unspecified atom stereocenters. The van der Waals surface area contributed by atoms with Gasteiger partial charge >= 0.3 is 0 Å². The minimum absolute atomic E-state index is 0. The summed E-state index contributed by atoms with van der Waals surface area (Å²) in [5.74, 6) is 0. The Morgan fingerprint density at radius 1 is 1.33 bits per heavy atom. The molecule has 9 heavy (non-hydrogen) atoms. The third-order valence-corrected chi connectivity index (χ3v) is 0.996. The number of rotatable bonds is 5. The van der Waals surface area contributed by atoms with Gasteiger partial charge in [-0.25, -0.2) is 0 Å². The van der Waals surface area contributed by atoms with Gasteiger partial charge in [-0.3, -0.25) is 0 Å². The van der Waals surface area contributed by atoms with E-state index >= 15 is 0 Å². The average molecular weight is 134 g/mol. The summed E-state index contributed by atoms with van der Waals surface area (Å²) in [7, 11) is 0. The summed E-state index contributed by atoms with van der Waals surface area (Å²) < 4.78 is 0. The summed E-state index contributed by atoms with van der Waals surface area (Å²) in [5, 5.41) is 11.4. The number of aliphatic hydroxyl groups excluding tert-OH is 1. The topological polar surface area (TPSA) is 67.3 Å². The van der Waals surface area contributed by atoms with Gasteiger partial charge in [0.15, 0.2) is 0 Å². The quantitative estimate of drug-likeness (QED) is 0.480. The Morgan fingerprint density at radius 2 is 2.00 bits per heavy atom. The van der Waals surface area contributed by atoms with E-state index in [9.17, 15) is 0 Å².